The first-order chi connectivity index (χ1) is 13.4. The van der Waals surface area contributed by atoms with Gasteiger partial charge in [-0.2, -0.15) is 0 Å². The van der Waals surface area contributed by atoms with Gasteiger partial charge >= 0.3 is 0 Å². The van der Waals surface area contributed by atoms with Crippen LogP contribution in [-0.4, -0.2) is 41.0 Å². The summed E-state index contributed by atoms with van der Waals surface area (Å²) in [4.78, 5) is 19.4. The number of nitrogens with one attached hydrogen (secondary N) is 1. The van der Waals surface area contributed by atoms with Crippen LogP contribution in [0.25, 0.3) is 11.3 Å². The summed E-state index contributed by atoms with van der Waals surface area (Å²) in [6.45, 7) is 6.99. The van der Waals surface area contributed by atoms with Crippen molar-refractivity contribution in [3.63, 3.8) is 0 Å². The molecule has 0 bridgehead atoms. The number of amides is 1. The van der Waals surface area contributed by atoms with E-state index in [1.54, 1.807) is 11.3 Å². The minimum Gasteiger partial charge on any atom is -0.353 e. The van der Waals surface area contributed by atoms with Gasteiger partial charge in [0.05, 0.1) is 16.7 Å². The highest BCUT2D eigenvalue weighted by Gasteiger charge is 2.17. The van der Waals surface area contributed by atoms with Crippen LogP contribution in [0.1, 0.15) is 28.0 Å². The van der Waals surface area contributed by atoms with Gasteiger partial charge in [0.2, 0.25) is 5.91 Å². The number of carbonyl (C=O) groups is 1. The predicted octanol–water partition coefficient (Wildman–Crippen LogP) is 3.96. The fraction of sp³-hybridized carbons (Fsp3) is 0.364. The molecular weight excluding hydrogens is 368 g/mol. The van der Waals surface area contributed by atoms with Gasteiger partial charge in [-0.05, 0) is 46.5 Å². The summed E-state index contributed by atoms with van der Waals surface area (Å²) in [6.07, 6.45) is 0. The van der Waals surface area contributed by atoms with Gasteiger partial charge in [-0.15, -0.1) is 11.3 Å². The van der Waals surface area contributed by atoms with E-state index in [0.717, 1.165) is 27.7 Å². The number of aryl methyl sites for hydroxylation is 2. The Morgan fingerprint density at radius 3 is 2.54 bits per heavy atom. The van der Waals surface area contributed by atoms with Crippen molar-refractivity contribution in [3.8, 4) is 11.3 Å². The van der Waals surface area contributed by atoms with E-state index in [1.165, 1.54) is 5.56 Å². The first kappa shape index (κ1) is 20.3. The van der Waals surface area contributed by atoms with Gasteiger partial charge in [0.1, 0.15) is 6.54 Å². The summed E-state index contributed by atoms with van der Waals surface area (Å²) in [7, 11) is 4.07. The Labute approximate surface area is 171 Å². The van der Waals surface area contributed by atoms with Crippen LogP contribution >= 0.6 is 11.3 Å². The molecule has 1 N–H and O–H groups in total. The lowest BCUT2D eigenvalue weighted by Gasteiger charge is -2.25. The maximum Gasteiger partial charge on any atom is 0.240 e. The highest BCUT2D eigenvalue weighted by Crippen LogP contribution is 2.28. The van der Waals surface area contributed by atoms with E-state index >= 15 is 0 Å². The average molecular weight is 397 g/mol. The zero-order chi connectivity index (χ0) is 20.3. The number of rotatable bonds is 7. The summed E-state index contributed by atoms with van der Waals surface area (Å²) in [5.41, 5.74) is 5.43. The van der Waals surface area contributed by atoms with Gasteiger partial charge in [-0.3, -0.25) is 4.79 Å². The third-order valence-corrected chi connectivity index (χ3v) is 5.84. The number of likely N-dealkylation sites (N-methyl/N-ethyl adjacent to an activating group) is 1. The summed E-state index contributed by atoms with van der Waals surface area (Å²) >= 11 is 1.64. The minimum absolute atomic E-state index is 0.0191. The van der Waals surface area contributed by atoms with Gasteiger partial charge in [0, 0.05) is 28.9 Å². The number of nitrogens with zero attached hydrogens (tertiary/aromatic N) is 3. The van der Waals surface area contributed by atoms with Crippen LogP contribution in [-0.2, 0) is 11.3 Å². The zero-order valence-corrected chi connectivity index (χ0v) is 18.0. The van der Waals surface area contributed by atoms with Gasteiger partial charge in [-0.25, -0.2) is 4.98 Å². The molecule has 0 saturated carbocycles. The van der Waals surface area contributed by atoms with Gasteiger partial charge in [0.25, 0.3) is 0 Å². The lowest BCUT2D eigenvalue weighted by molar-refractivity contribution is -0.121. The standard InChI is InChI=1S/C22H28N4OS/c1-15-11-19(20-14-28-17(3)24-20)16(2)26(15)13-22(27)23-12-21(25(4)5)18-9-7-6-8-10-18/h6-11,14,21H,12-13H2,1-5H3,(H,23,27). The lowest BCUT2D eigenvalue weighted by Crippen LogP contribution is -2.36. The number of carbonyl (C=O) groups excluding carboxylic acids is 1. The van der Waals surface area contributed by atoms with Gasteiger partial charge < -0.3 is 14.8 Å². The van der Waals surface area contributed by atoms with Crippen LogP contribution in [0.4, 0.5) is 0 Å². The fourth-order valence-electron chi connectivity index (χ4n) is 3.47. The molecule has 0 saturated heterocycles. The van der Waals surface area contributed by atoms with Crippen LogP contribution in [0.15, 0.2) is 41.8 Å². The van der Waals surface area contributed by atoms with E-state index in [9.17, 15) is 4.79 Å². The Kier molecular flexibility index (Phi) is 6.31. The highest BCUT2D eigenvalue weighted by atomic mass is 32.1. The minimum atomic E-state index is 0.0191. The number of aromatic nitrogens is 2. The number of benzene rings is 1. The number of hydrogen-bond donors (Lipinski definition) is 1. The molecule has 0 aliphatic heterocycles. The second kappa shape index (κ2) is 8.71. The van der Waals surface area contributed by atoms with Crippen molar-refractivity contribution in [2.45, 2.75) is 33.4 Å². The van der Waals surface area contributed by atoms with Gasteiger partial charge in [-0.1, -0.05) is 30.3 Å². The van der Waals surface area contributed by atoms with E-state index in [-0.39, 0.29) is 11.9 Å². The van der Waals surface area contributed by atoms with E-state index < -0.39 is 0 Å². The third-order valence-electron chi connectivity index (χ3n) is 5.07. The molecule has 1 aromatic carbocycles. The largest absolute Gasteiger partial charge is 0.353 e. The first-order valence-electron chi connectivity index (χ1n) is 9.44. The Bertz CT molecular complexity index is 943. The fourth-order valence-corrected chi connectivity index (χ4v) is 4.09. The molecule has 0 aliphatic rings. The van der Waals surface area contributed by atoms with Crippen LogP contribution in [0.3, 0.4) is 0 Å². The molecule has 5 nitrogen and oxygen atoms in total. The van der Waals surface area contributed by atoms with Crippen LogP contribution in [0, 0.1) is 20.8 Å². The number of hydrogen-bond acceptors (Lipinski definition) is 4. The van der Waals surface area contributed by atoms with Crippen molar-refractivity contribution in [2.24, 2.45) is 0 Å². The van der Waals surface area contributed by atoms with Crippen LogP contribution in [0.2, 0.25) is 0 Å². The van der Waals surface area contributed by atoms with Crippen molar-refractivity contribution in [1.29, 1.82) is 0 Å². The monoisotopic (exact) mass is 396 g/mol. The van der Waals surface area contributed by atoms with E-state index in [0.29, 0.717) is 13.1 Å². The van der Waals surface area contributed by atoms with Gasteiger partial charge in [0.15, 0.2) is 0 Å². The molecule has 1 unspecified atom stereocenters. The topological polar surface area (TPSA) is 50.2 Å². The Morgan fingerprint density at radius 1 is 1.21 bits per heavy atom. The molecule has 2 aromatic heterocycles. The zero-order valence-electron chi connectivity index (χ0n) is 17.2. The summed E-state index contributed by atoms with van der Waals surface area (Å²) < 4.78 is 2.06. The SMILES string of the molecule is Cc1nc(-c2cc(C)n(CC(=O)NCC(c3ccccc3)N(C)C)c2C)cs1. The van der Waals surface area contributed by atoms with E-state index in [1.807, 2.05) is 46.1 Å². The van der Waals surface area contributed by atoms with Crippen molar-refractivity contribution >= 4 is 17.2 Å². The van der Waals surface area contributed by atoms with E-state index in [4.69, 9.17) is 0 Å². The van der Waals surface area contributed by atoms with Crippen LogP contribution < -0.4 is 5.32 Å². The molecule has 0 radical (unpaired) electrons. The summed E-state index contributed by atoms with van der Waals surface area (Å²) in [5.74, 6) is 0.0191. The molecule has 148 valence electrons. The Balaban J connectivity index is 1.69. The maximum atomic E-state index is 12.7. The molecule has 0 spiro atoms. The number of thiazole rings is 1. The maximum absolute atomic E-state index is 12.7. The van der Waals surface area contributed by atoms with Crippen LogP contribution in [0.5, 0.6) is 0 Å². The Hall–Kier alpha value is -2.44. The molecular formula is C22H28N4OS. The van der Waals surface area contributed by atoms with Crippen molar-refractivity contribution in [3.05, 3.63) is 63.7 Å². The lowest BCUT2D eigenvalue weighted by atomic mass is 10.1. The average Bonchev–Trinajstić information content (AvgIpc) is 3.20. The molecule has 0 aliphatic carbocycles. The second-order valence-corrected chi connectivity index (χ2v) is 8.38. The molecule has 1 amide bonds. The summed E-state index contributed by atoms with van der Waals surface area (Å²) in [5, 5.41) is 6.23. The van der Waals surface area contributed by atoms with Crippen molar-refractivity contribution in [1.82, 2.24) is 19.8 Å². The molecule has 6 heteroatoms. The highest BCUT2D eigenvalue weighted by molar-refractivity contribution is 7.09. The molecule has 28 heavy (non-hydrogen) atoms. The predicted molar refractivity (Wildman–Crippen MR) is 116 cm³/mol. The normalized spacial score (nSPS) is 12.4. The molecule has 2 heterocycles. The van der Waals surface area contributed by atoms with E-state index in [2.05, 4.69) is 50.3 Å². The first-order valence-corrected chi connectivity index (χ1v) is 10.3. The molecule has 3 aromatic rings. The second-order valence-electron chi connectivity index (χ2n) is 7.32. The Morgan fingerprint density at radius 2 is 1.93 bits per heavy atom. The van der Waals surface area contributed by atoms with Crippen molar-refractivity contribution in [2.75, 3.05) is 20.6 Å². The summed E-state index contributed by atoms with van der Waals surface area (Å²) in [6, 6.07) is 12.5. The smallest absolute Gasteiger partial charge is 0.240 e. The van der Waals surface area contributed by atoms with Crippen molar-refractivity contribution < 1.29 is 4.79 Å². The molecule has 0 fully saturated rings. The molecule has 3 rings (SSSR count). The molecule has 1 atom stereocenters. The quantitative estimate of drug-likeness (QED) is 0.658. The third kappa shape index (κ3) is 4.51.